The fraction of sp³-hybridized carbons (Fsp3) is 0.400. The first-order valence-corrected chi connectivity index (χ1v) is 4.78. The highest BCUT2D eigenvalue weighted by Gasteiger charge is 2.09. The number of aliphatic hydroxyl groups is 1. The molecule has 4 heteroatoms. The molecule has 1 atom stereocenters. The molecule has 1 rings (SSSR count). The van der Waals surface area contributed by atoms with E-state index in [9.17, 15) is 5.11 Å². The summed E-state index contributed by atoms with van der Waals surface area (Å²) in [4.78, 5) is 0. The number of hydrogen-bond donors (Lipinski definition) is 2. The molecule has 0 spiro atoms. The molecule has 14 heavy (non-hydrogen) atoms. The van der Waals surface area contributed by atoms with Crippen molar-refractivity contribution in [2.24, 2.45) is 5.73 Å². The molecule has 3 N–H and O–H groups in total. The number of ether oxygens (including phenoxy) is 1. The quantitative estimate of drug-likeness (QED) is 0.805. The number of benzene rings is 1. The maximum atomic E-state index is 9.65. The zero-order valence-electron chi connectivity index (χ0n) is 8.03. The number of methoxy groups -OCH3 is 1. The molecule has 0 fully saturated rings. The van der Waals surface area contributed by atoms with Crippen molar-refractivity contribution in [1.29, 1.82) is 0 Å². The van der Waals surface area contributed by atoms with Gasteiger partial charge in [0.1, 0.15) is 5.75 Å². The van der Waals surface area contributed by atoms with Crippen LogP contribution in [0.15, 0.2) is 18.2 Å². The van der Waals surface area contributed by atoms with Gasteiger partial charge in [-0.1, -0.05) is 17.7 Å². The molecule has 0 saturated heterocycles. The van der Waals surface area contributed by atoms with Crippen LogP contribution in [0.5, 0.6) is 5.75 Å². The van der Waals surface area contributed by atoms with Gasteiger partial charge in [-0.25, -0.2) is 0 Å². The molecule has 0 bridgehead atoms. The standard InChI is InChI=1S/C10H14ClNO2/c1-14-10-6-7(2-3-8(10)11)9(13)4-5-12/h2-3,6,9,13H,4-5,12H2,1H3. The van der Waals surface area contributed by atoms with E-state index in [-0.39, 0.29) is 0 Å². The number of nitrogens with two attached hydrogens (primary N) is 1. The fourth-order valence-corrected chi connectivity index (χ4v) is 1.40. The van der Waals surface area contributed by atoms with Crippen molar-refractivity contribution in [3.8, 4) is 5.75 Å². The topological polar surface area (TPSA) is 55.5 Å². The number of halogens is 1. The highest BCUT2D eigenvalue weighted by Crippen LogP contribution is 2.28. The van der Waals surface area contributed by atoms with Crippen LogP contribution in [-0.4, -0.2) is 18.8 Å². The SMILES string of the molecule is COc1cc(C(O)CCN)ccc1Cl. The molecule has 1 aromatic carbocycles. The van der Waals surface area contributed by atoms with E-state index in [4.69, 9.17) is 22.1 Å². The second kappa shape index (κ2) is 5.20. The smallest absolute Gasteiger partial charge is 0.137 e. The summed E-state index contributed by atoms with van der Waals surface area (Å²) < 4.78 is 5.04. The predicted octanol–water partition coefficient (Wildman–Crippen LogP) is 1.73. The molecule has 0 aromatic heterocycles. The van der Waals surface area contributed by atoms with Crippen molar-refractivity contribution in [3.63, 3.8) is 0 Å². The van der Waals surface area contributed by atoms with Crippen molar-refractivity contribution in [2.75, 3.05) is 13.7 Å². The van der Waals surface area contributed by atoms with Gasteiger partial charge in [0.05, 0.1) is 18.2 Å². The third-order valence-corrected chi connectivity index (χ3v) is 2.31. The Morgan fingerprint density at radius 1 is 1.57 bits per heavy atom. The van der Waals surface area contributed by atoms with Crippen molar-refractivity contribution >= 4 is 11.6 Å². The van der Waals surface area contributed by atoms with Crippen LogP contribution in [0, 0.1) is 0 Å². The van der Waals surface area contributed by atoms with Crippen LogP contribution in [0.4, 0.5) is 0 Å². The molecule has 0 saturated carbocycles. The molecule has 0 heterocycles. The van der Waals surface area contributed by atoms with E-state index < -0.39 is 6.10 Å². The molecule has 1 aromatic rings. The molecule has 0 amide bonds. The third kappa shape index (κ3) is 2.61. The predicted molar refractivity (Wildman–Crippen MR) is 56.6 cm³/mol. The Kier molecular flexibility index (Phi) is 4.20. The van der Waals surface area contributed by atoms with Crippen molar-refractivity contribution < 1.29 is 9.84 Å². The lowest BCUT2D eigenvalue weighted by Crippen LogP contribution is -2.06. The van der Waals surface area contributed by atoms with Gasteiger partial charge in [-0.05, 0) is 30.7 Å². The van der Waals surface area contributed by atoms with E-state index in [1.165, 1.54) is 0 Å². The van der Waals surface area contributed by atoms with Gasteiger partial charge < -0.3 is 15.6 Å². The zero-order chi connectivity index (χ0) is 10.6. The van der Waals surface area contributed by atoms with E-state index in [0.29, 0.717) is 23.7 Å². The summed E-state index contributed by atoms with van der Waals surface area (Å²) in [6, 6.07) is 5.20. The van der Waals surface area contributed by atoms with E-state index in [0.717, 1.165) is 5.56 Å². The maximum absolute atomic E-state index is 9.65. The van der Waals surface area contributed by atoms with Gasteiger partial charge in [0.15, 0.2) is 0 Å². The molecule has 3 nitrogen and oxygen atoms in total. The van der Waals surface area contributed by atoms with Crippen LogP contribution in [0.1, 0.15) is 18.1 Å². The summed E-state index contributed by atoms with van der Waals surface area (Å²) in [6.45, 7) is 0.451. The van der Waals surface area contributed by atoms with Gasteiger partial charge in [0.2, 0.25) is 0 Å². The molecule has 0 aliphatic rings. The van der Waals surface area contributed by atoms with E-state index >= 15 is 0 Å². The van der Waals surface area contributed by atoms with Crippen molar-refractivity contribution in [2.45, 2.75) is 12.5 Å². The average Bonchev–Trinajstić information content (AvgIpc) is 2.19. The Labute approximate surface area is 88.4 Å². The van der Waals surface area contributed by atoms with Gasteiger partial charge in [-0.3, -0.25) is 0 Å². The van der Waals surface area contributed by atoms with Crippen LogP contribution in [0.25, 0.3) is 0 Å². The van der Waals surface area contributed by atoms with Crippen molar-refractivity contribution in [1.82, 2.24) is 0 Å². The summed E-state index contributed by atoms with van der Waals surface area (Å²) >= 11 is 5.85. The Morgan fingerprint density at radius 3 is 2.86 bits per heavy atom. The van der Waals surface area contributed by atoms with Gasteiger partial charge in [0.25, 0.3) is 0 Å². The summed E-state index contributed by atoms with van der Waals surface area (Å²) in [6.07, 6.45) is -0.0173. The minimum absolute atomic E-state index is 0.451. The second-order valence-corrected chi connectivity index (χ2v) is 3.39. The maximum Gasteiger partial charge on any atom is 0.137 e. The molecular weight excluding hydrogens is 202 g/mol. The number of aliphatic hydroxyl groups excluding tert-OH is 1. The van der Waals surface area contributed by atoms with E-state index in [1.54, 1.807) is 25.3 Å². The third-order valence-electron chi connectivity index (χ3n) is 2.00. The number of rotatable bonds is 4. The van der Waals surface area contributed by atoms with E-state index in [1.807, 2.05) is 0 Å². The Hall–Kier alpha value is -0.770. The highest BCUT2D eigenvalue weighted by atomic mass is 35.5. The normalized spacial score (nSPS) is 12.6. The summed E-state index contributed by atoms with van der Waals surface area (Å²) in [5.74, 6) is 0.570. The lowest BCUT2D eigenvalue weighted by Gasteiger charge is -2.11. The van der Waals surface area contributed by atoms with Gasteiger partial charge in [-0.2, -0.15) is 0 Å². The summed E-state index contributed by atoms with van der Waals surface area (Å²) in [5.41, 5.74) is 6.12. The van der Waals surface area contributed by atoms with Gasteiger partial charge >= 0.3 is 0 Å². The molecule has 0 radical (unpaired) electrons. The molecule has 1 unspecified atom stereocenters. The van der Waals surface area contributed by atoms with Crippen LogP contribution >= 0.6 is 11.6 Å². The first kappa shape index (κ1) is 11.3. The van der Waals surface area contributed by atoms with Crippen molar-refractivity contribution in [3.05, 3.63) is 28.8 Å². The summed E-state index contributed by atoms with van der Waals surface area (Å²) in [7, 11) is 1.54. The first-order chi connectivity index (χ1) is 6.69. The van der Waals surface area contributed by atoms with Gasteiger partial charge in [-0.15, -0.1) is 0 Å². The first-order valence-electron chi connectivity index (χ1n) is 4.40. The molecule has 0 aliphatic heterocycles. The minimum atomic E-state index is -0.550. The van der Waals surface area contributed by atoms with Crippen LogP contribution in [-0.2, 0) is 0 Å². The fourth-order valence-electron chi connectivity index (χ4n) is 1.21. The molecule has 78 valence electrons. The zero-order valence-corrected chi connectivity index (χ0v) is 8.79. The Balaban J connectivity index is 2.88. The average molecular weight is 216 g/mol. The van der Waals surface area contributed by atoms with Crippen LogP contribution in [0.2, 0.25) is 5.02 Å². The highest BCUT2D eigenvalue weighted by molar-refractivity contribution is 6.32. The Bertz CT molecular complexity index is 304. The monoisotopic (exact) mass is 215 g/mol. The minimum Gasteiger partial charge on any atom is -0.495 e. The molecular formula is C10H14ClNO2. The Morgan fingerprint density at radius 2 is 2.29 bits per heavy atom. The summed E-state index contributed by atoms with van der Waals surface area (Å²) in [5, 5.41) is 10.2. The van der Waals surface area contributed by atoms with E-state index in [2.05, 4.69) is 0 Å². The largest absolute Gasteiger partial charge is 0.495 e. The molecule has 0 aliphatic carbocycles. The van der Waals surface area contributed by atoms with Crippen LogP contribution in [0.3, 0.4) is 0 Å². The second-order valence-electron chi connectivity index (χ2n) is 2.99. The lowest BCUT2D eigenvalue weighted by molar-refractivity contribution is 0.170. The lowest BCUT2D eigenvalue weighted by atomic mass is 10.1. The van der Waals surface area contributed by atoms with Crippen LogP contribution < -0.4 is 10.5 Å². The van der Waals surface area contributed by atoms with Gasteiger partial charge in [0, 0.05) is 0 Å². The number of hydrogen-bond acceptors (Lipinski definition) is 3.